The van der Waals surface area contributed by atoms with Gasteiger partial charge in [-0.2, -0.15) is 0 Å². The van der Waals surface area contributed by atoms with Crippen molar-refractivity contribution in [2.75, 3.05) is 24.5 Å². The van der Waals surface area contributed by atoms with Gasteiger partial charge in [0.25, 0.3) is 0 Å². The topological polar surface area (TPSA) is 53.1 Å². The number of aromatic nitrogens is 2. The van der Waals surface area contributed by atoms with Gasteiger partial charge in [-0.25, -0.2) is 0 Å². The summed E-state index contributed by atoms with van der Waals surface area (Å²) in [5.74, 6) is 0. The molecule has 126 valence electrons. The molecule has 1 spiro atoms. The minimum absolute atomic E-state index is 0.194. The Balaban J connectivity index is 1.67. The molecule has 2 N–H and O–H groups in total. The Morgan fingerprint density at radius 3 is 2.71 bits per heavy atom. The summed E-state index contributed by atoms with van der Waals surface area (Å²) in [6, 6.07) is 8.42. The van der Waals surface area contributed by atoms with E-state index in [2.05, 4.69) is 50.6 Å². The van der Waals surface area contributed by atoms with Crippen LogP contribution in [0.15, 0.2) is 42.9 Å². The molecule has 24 heavy (non-hydrogen) atoms. The molecular formula is C19H25N5. The van der Waals surface area contributed by atoms with Crippen molar-refractivity contribution >= 4 is 5.69 Å². The van der Waals surface area contributed by atoms with Crippen LogP contribution in [0.3, 0.4) is 0 Å². The summed E-state index contributed by atoms with van der Waals surface area (Å²) in [6.07, 6.45) is 9.22. The summed E-state index contributed by atoms with van der Waals surface area (Å²) in [5.41, 5.74) is 3.90. The first kappa shape index (κ1) is 15.5. The maximum atomic E-state index is 4.61. The van der Waals surface area contributed by atoms with Gasteiger partial charge in [-0.15, -0.1) is 0 Å². The summed E-state index contributed by atoms with van der Waals surface area (Å²) >= 11 is 0. The molecule has 4 heterocycles. The molecule has 2 aromatic heterocycles. The van der Waals surface area contributed by atoms with E-state index in [1.165, 1.54) is 29.8 Å². The number of nitrogens with one attached hydrogen (secondary N) is 2. The normalized spacial score (nSPS) is 22.9. The average molecular weight is 323 g/mol. The van der Waals surface area contributed by atoms with Crippen LogP contribution in [-0.4, -0.2) is 41.3 Å². The Hall–Kier alpha value is -1.98. The van der Waals surface area contributed by atoms with Crippen LogP contribution < -0.4 is 15.5 Å². The highest BCUT2D eigenvalue weighted by atomic mass is 15.4. The van der Waals surface area contributed by atoms with Crippen molar-refractivity contribution in [1.82, 2.24) is 20.6 Å². The summed E-state index contributed by atoms with van der Waals surface area (Å²) in [5, 5.41) is 7.28. The van der Waals surface area contributed by atoms with Gasteiger partial charge in [0.05, 0.1) is 11.7 Å². The monoisotopic (exact) mass is 323 g/mol. The van der Waals surface area contributed by atoms with Crippen LogP contribution in [0, 0.1) is 6.92 Å². The first-order chi connectivity index (χ1) is 11.8. The molecular weight excluding hydrogens is 298 g/mol. The molecule has 0 radical (unpaired) electrons. The Bertz CT molecular complexity index is 681. The number of piperidine rings is 1. The van der Waals surface area contributed by atoms with Crippen molar-refractivity contribution in [1.29, 1.82) is 0 Å². The van der Waals surface area contributed by atoms with Crippen molar-refractivity contribution in [2.24, 2.45) is 0 Å². The van der Waals surface area contributed by atoms with E-state index in [1.54, 1.807) is 0 Å². The number of aryl methyl sites for hydroxylation is 1. The van der Waals surface area contributed by atoms with Crippen LogP contribution in [0.2, 0.25) is 0 Å². The molecule has 0 bridgehead atoms. The lowest BCUT2D eigenvalue weighted by Crippen LogP contribution is -2.55. The molecule has 2 aliphatic rings. The SMILES string of the molecule is Cc1cccnc1CC1NCC2(CCNCC2)N1c1ccncc1. The molecule has 5 heteroatoms. The molecule has 5 nitrogen and oxygen atoms in total. The van der Waals surface area contributed by atoms with Crippen molar-refractivity contribution in [3.8, 4) is 0 Å². The van der Waals surface area contributed by atoms with Gasteiger partial charge < -0.3 is 10.2 Å². The average Bonchev–Trinajstić information content (AvgIpc) is 2.96. The number of pyridine rings is 2. The van der Waals surface area contributed by atoms with E-state index in [1.807, 2.05) is 24.7 Å². The summed E-state index contributed by atoms with van der Waals surface area (Å²) < 4.78 is 0. The third-order valence-electron chi connectivity index (χ3n) is 5.47. The van der Waals surface area contributed by atoms with Crippen LogP contribution in [0.25, 0.3) is 0 Å². The minimum Gasteiger partial charge on any atom is -0.348 e. The highest BCUT2D eigenvalue weighted by Crippen LogP contribution is 2.37. The lowest BCUT2D eigenvalue weighted by atomic mass is 9.87. The summed E-state index contributed by atoms with van der Waals surface area (Å²) in [7, 11) is 0. The second-order valence-corrected chi connectivity index (χ2v) is 6.92. The zero-order valence-electron chi connectivity index (χ0n) is 14.2. The van der Waals surface area contributed by atoms with Crippen LogP contribution in [0.4, 0.5) is 5.69 Å². The largest absolute Gasteiger partial charge is 0.348 e. The van der Waals surface area contributed by atoms with Crippen LogP contribution in [0.5, 0.6) is 0 Å². The van der Waals surface area contributed by atoms with Gasteiger partial charge in [0, 0.05) is 42.9 Å². The maximum absolute atomic E-state index is 4.61. The Kier molecular flexibility index (Phi) is 4.21. The molecule has 2 aromatic rings. The highest BCUT2D eigenvalue weighted by molar-refractivity contribution is 5.51. The Labute approximate surface area is 143 Å². The molecule has 0 saturated carbocycles. The fourth-order valence-corrected chi connectivity index (χ4v) is 4.16. The number of anilines is 1. The number of rotatable bonds is 3. The first-order valence-corrected chi connectivity index (χ1v) is 8.82. The maximum Gasteiger partial charge on any atom is 0.0859 e. The molecule has 2 aliphatic heterocycles. The lowest BCUT2D eigenvalue weighted by Gasteiger charge is -2.44. The highest BCUT2D eigenvalue weighted by Gasteiger charge is 2.46. The van der Waals surface area contributed by atoms with Gasteiger partial charge in [-0.3, -0.25) is 15.3 Å². The zero-order valence-corrected chi connectivity index (χ0v) is 14.2. The number of nitrogens with zero attached hydrogens (tertiary/aromatic N) is 3. The van der Waals surface area contributed by atoms with E-state index in [9.17, 15) is 0 Å². The number of hydrogen-bond acceptors (Lipinski definition) is 5. The molecule has 1 unspecified atom stereocenters. The summed E-state index contributed by atoms with van der Waals surface area (Å²) in [6.45, 7) is 5.35. The van der Waals surface area contributed by atoms with Crippen molar-refractivity contribution in [2.45, 2.75) is 37.9 Å². The van der Waals surface area contributed by atoms with Crippen molar-refractivity contribution in [3.05, 3.63) is 54.1 Å². The van der Waals surface area contributed by atoms with Gasteiger partial charge in [-0.05, 0) is 56.6 Å². The van der Waals surface area contributed by atoms with E-state index >= 15 is 0 Å². The van der Waals surface area contributed by atoms with Crippen LogP contribution in [-0.2, 0) is 6.42 Å². The fourth-order valence-electron chi connectivity index (χ4n) is 4.16. The standard InChI is InChI=1S/C19H25N5/c1-15-3-2-8-22-17(15)13-18-23-14-19(6-11-21-12-7-19)24(18)16-4-9-20-10-5-16/h2-5,8-10,18,21,23H,6-7,11-14H2,1H3. The van der Waals surface area contributed by atoms with Crippen molar-refractivity contribution in [3.63, 3.8) is 0 Å². The van der Waals surface area contributed by atoms with Gasteiger partial charge in [0.2, 0.25) is 0 Å². The van der Waals surface area contributed by atoms with Gasteiger partial charge in [0.1, 0.15) is 0 Å². The van der Waals surface area contributed by atoms with Gasteiger partial charge in [0.15, 0.2) is 0 Å². The van der Waals surface area contributed by atoms with Crippen LogP contribution in [0.1, 0.15) is 24.1 Å². The Morgan fingerprint density at radius 2 is 1.96 bits per heavy atom. The van der Waals surface area contributed by atoms with Gasteiger partial charge in [-0.1, -0.05) is 6.07 Å². The minimum atomic E-state index is 0.194. The molecule has 0 aromatic carbocycles. The third kappa shape index (κ3) is 2.78. The molecule has 4 rings (SSSR count). The van der Waals surface area contributed by atoms with Crippen molar-refractivity contribution < 1.29 is 0 Å². The first-order valence-electron chi connectivity index (χ1n) is 8.82. The Morgan fingerprint density at radius 1 is 1.17 bits per heavy atom. The fraction of sp³-hybridized carbons (Fsp3) is 0.474. The molecule has 0 aliphatic carbocycles. The van der Waals surface area contributed by atoms with Gasteiger partial charge >= 0.3 is 0 Å². The predicted octanol–water partition coefficient (Wildman–Crippen LogP) is 1.89. The zero-order chi connectivity index (χ0) is 16.4. The van der Waals surface area contributed by atoms with E-state index < -0.39 is 0 Å². The van der Waals surface area contributed by atoms with E-state index in [0.717, 1.165) is 26.1 Å². The smallest absolute Gasteiger partial charge is 0.0859 e. The molecule has 1 atom stereocenters. The molecule has 2 fully saturated rings. The predicted molar refractivity (Wildman–Crippen MR) is 96.0 cm³/mol. The van der Waals surface area contributed by atoms with Crippen LogP contribution >= 0.6 is 0 Å². The van der Waals surface area contributed by atoms with E-state index in [4.69, 9.17) is 0 Å². The summed E-state index contributed by atoms with van der Waals surface area (Å²) in [4.78, 5) is 11.4. The second-order valence-electron chi connectivity index (χ2n) is 6.92. The molecule has 0 amide bonds. The van der Waals surface area contributed by atoms with E-state index in [-0.39, 0.29) is 11.7 Å². The lowest BCUT2D eigenvalue weighted by molar-refractivity contribution is 0.321. The number of hydrogen-bond donors (Lipinski definition) is 2. The quantitative estimate of drug-likeness (QED) is 0.903. The molecule has 2 saturated heterocycles. The van der Waals surface area contributed by atoms with E-state index in [0.29, 0.717) is 0 Å². The second kappa shape index (κ2) is 6.49. The third-order valence-corrected chi connectivity index (χ3v) is 5.47.